The van der Waals surface area contributed by atoms with Crippen LogP contribution in [0.15, 0.2) is 60.7 Å². The predicted octanol–water partition coefficient (Wildman–Crippen LogP) is 4.33. The molecule has 0 amide bonds. The van der Waals surface area contributed by atoms with Crippen LogP contribution in [-0.4, -0.2) is 11.0 Å². The minimum atomic E-state index is -0.322. The zero-order chi connectivity index (χ0) is 15.4. The maximum Gasteiger partial charge on any atom is 0.308 e. The molecule has 0 bridgehead atoms. The number of esters is 1. The van der Waals surface area contributed by atoms with Crippen molar-refractivity contribution in [3.05, 3.63) is 71.9 Å². The largest absolute Gasteiger partial charge is 0.414 e. The molecule has 3 nitrogen and oxygen atoms in total. The number of hydrogen-bond donors (Lipinski definition) is 0. The number of ether oxygens (including phenoxy) is 1. The topological polar surface area (TPSA) is 39.2 Å². The van der Waals surface area contributed by atoms with E-state index in [-0.39, 0.29) is 5.97 Å². The van der Waals surface area contributed by atoms with Gasteiger partial charge in [0.15, 0.2) is 0 Å². The van der Waals surface area contributed by atoms with Crippen LogP contribution in [0.2, 0.25) is 0 Å². The lowest BCUT2D eigenvalue weighted by Crippen LogP contribution is -2.02. The van der Waals surface area contributed by atoms with Gasteiger partial charge < -0.3 is 4.74 Å². The Hall–Kier alpha value is -2.46. The van der Waals surface area contributed by atoms with Crippen LogP contribution >= 0.6 is 11.3 Å². The van der Waals surface area contributed by atoms with E-state index in [1.165, 1.54) is 18.3 Å². The van der Waals surface area contributed by atoms with E-state index in [0.717, 1.165) is 21.8 Å². The lowest BCUT2D eigenvalue weighted by Gasteiger charge is -2.01. The van der Waals surface area contributed by atoms with Crippen LogP contribution in [0.5, 0.6) is 5.06 Å². The molecule has 3 aromatic rings. The van der Waals surface area contributed by atoms with E-state index >= 15 is 0 Å². The Morgan fingerprint density at radius 2 is 1.68 bits per heavy atom. The van der Waals surface area contributed by atoms with Crippen LogP contribution < -0.4 is 4.74 Å². The van der Waals surface area contributed by atoms with Crippen molar-refractivity contribution in [1.29, 1.82) is 0 Å². The summed E-state index contributed by atoms with van der Waals surface area (Å²) >= 11 is 1.41. The molecule has 0 aliphatic carbocycles. The van der Waals surface area contributed by atoms with Gasteiger partial charge in [0, 0.05) is 18.9 Å². The van der Waals surface area contributed by atoms with E-state index < -0.39 is 0 Å². The third kappa shape index (κ3) is 3.40. The fourth-order valence-electron chi connectivity index (χ4n) is 2.15. The molecule has 0 saturated heterocycles. The molecule has 1 heterocycles. The summed E-state index contributed by atoms with van der Waals surface area (Å²) in [4.78, 5) is 16.0. The van der Waals surface area contributed by atoms with Crippen LogP contribution in [0.4, 0.5) is 0 Å². The number of thiazole rings is 1. The third-order valence-electron chi connectivity index (χ3n) is 3.13. The highest BCUT2D eigenvalue weighted by molar-refractivity contribution is 7.17. The highest BCUT2D eigenvalue weighted by atomic mass is 32.1. The maximum atomic E-state index is 11.3. The monoisotopic (exact) mass is 309 g/mol. The second-order valence-corrected chi connectivity index (χ2v) is 5.84. The number of benzene rings is 2. The van der Waals surface area contributed by atoms with Crippen LogP contribution in [0, 0.1) is 0 Å². The van der Waals surface area contributed by atoms with Crippen LogP contribution in [0.25, 0.3) is 10.6 Å². The van der Waals surface area contributed by atoms with Crippen LogP contribution in [0.3, 0.4) is 0 Å². The summed E-state index contributed by atoms with van der Waals surface area (Å²) in [7, 11) is 0. The highest BCUT2D eigenvalue weighted by Gasteiger charge is 2.15. The molecule has 0 aliphatic rings. The summed E-state index contributed by atoms with van der Waals surface area (Å²) in [5, 5.41) is 1.44. The lowest BCUT2D eigenvalue weighted by molar-refractivity contribution is -0.131. The molecular formula is C18H15NO2S. The first-order valence-electron chi connectivity index (χ1n) is 7.00. The van der Waals surface area contributed by atoms with E-state index in [1.807, 2.05) is 60.7 Å². The number of rotatable bonds is 4. The molecule has 2 aromatic carbocycles. The molecular weight excluding hydrogens is 294 g/mol. The van der Waals surface area contributed by atoms with Gasteiger partial charge in [-0.1, -0.05) is 72.0 Å². The summed E-state index contributed by atoms with van der Waals surface area (Å²) in [5.74, 6) is -0.322. The minimum Gasteiger partial charge on any atom is -0.414 e. The second kappa shape index (κ2) is 6.54. The predicted molar refractivity (Wildman–Crippen MR) is 88.1 cm³/mol. The number of nitrogens with zero attached hydrogens (tertiary/aromatic N) is 1. The smallest absolute Gasteiger partial charge is 0.308 e. The van der Waals surface area contributed by atoms with Crippen LogP contribution in [0.1, 0.15) is 18.2 Å². The lowest BCUT2D eigenvalue weighted by atomic mass is 10.1. The molecule has 0 spiro atoms. The van der Waals surface area contributed by atoms with Crippen molar-refractivity contribution in [2.24, 2.45) is 0 Å². The molecule has 4 heteroatoms. The van der Waals surface area contributed by atoms with Gasteiger partial charge in [0.05, 0.1) is 5.69 Å². The molecule has 0 radical (unpaired) electrons. The standard InChI is InChI=1S/C18H15NO2S/c1-13(20)21-18-16(12-14-8-4-2-5-9-14)19-17(22-18)15-10-6-3-7-11-15/h2-11H,12H2,1H3. The van der Waals surface area contributed by atoms with Gasteiger partial charge in [-0.15, -0.1) is 0 Å². The molecule has 0 aliphatic heterocycles. The zero-order valence-corrected chi connectivity index (χ0v) is 13.0. The third-order valence-corrected chi connectivity index (χ3v) is 4.16. The molecule has 0 fully saturated rings. The van der Waals surface area contributed by atoms with E-state index in [1.54, 1.807) is 0 Å². The molecule has 0 unspecified atom stereocenters. The maximum absolute atomic E-state index is 11.3. The van der Waals surface area contributed by atoms with Gasteiger partial charge in [-0.25, -0.2) is 4.98 Å². The fraction of sp³-hybridized carbons (Fsp3) is 0.111. The summed E-state index contributed by atoms with van der Waals surface area (Å²) < 4.78 is 5.34. The van der Waals surface area contributed by atoms with Crippen molar-refractivity contribution in [2.75, 3.05) is 0 Å². The van der Waals surface area contributed by atoms with Gasteiger partial charge >= 0.3 is 5.97 Å². The van der Waals surface area contributed by atoms with Gasteiger partial charge in [-0.2, -0.15) is 0 Å². The summed E-state index contributed by atoms with van der Waals surface area (Å²) in [5.41, 5.74) is 2.96. The SMILES string of the molecule is CC(=O)Oc1sc(-c2ccccc2)nc1Cc1ccccc1. The molecule has 1 aromatic heterocycles. The van der Waals surface area contributed by atoms with Crippen molar-refractivity contribution in [1.82, 2.24) is 4.98 Å². The first-order valence-corrected chi connectivity index (χ1v) is 7.81. The van der Waals surface area contributed by atoms with Crippen molar-refractivity contribution < 1.29 is 9.53 Å². The van der Waals surface area contributed by atoms with E-state index in [0.29, 0.717) is 11.5 Å². The Labute approximate surface area is 133 Å². The molecule has 0 atom stereocenters. The number of carbonyl (C=O) groups excluding carboxylic acids is 1. The number of hydrogen-bond acceptors (Lipinski definition) is 4. The molecule has 0 N–H and O–H groups in total. The normalized spacial score (nSPS) is 10.4. The first-order chi connectivity index (χ1) is 10.7. The molecule has 3 rings (SSSR count). The average molecular weight is 309 g/mol. The second-order valence-electron chi connectivity index (χ2n) is 4.88. The van der Waals surface area contributed by atoms with E-state index in [2.05, 4.69) is 4.98 Å². The van der Waals surface area contributed by atoms with Gasteiger partial charge in [0.2, 0.25) is 5.06 Å². The van der Waals surface area contributed by atoms with E-state index in [4.69, 9.17) is 4.74 Å². The van der Waals surface area contributed by atoms with Gasteiger partial charge in [-0.3, -0.25) is 4.79 Å². The Morgan fingerprint density at radius 3 is 2.32 bits per heavy atom. The minimum absolute atomic E-state index is 0.322. The van der Waals surface area contributed by atoms with Crippen molar-refractivity contribution in [2.45, 2.75) is 13.3 Å². The summed E-state index contributed by atoms with van der Waals surface area (Å²) in [6.45, 7) is 1.41. The number of carbonyl (C=O) groups is 1. The Morgan fingerprint density at radius 1 is 1.05 bits per heavy atom. The highest BCUT2D eigenvalue weighted by Crippen LogP contribution is 2.35. The number of aromatic nitrogens is 1. The average Bonchev–Trinajstić information content (AvgIpc) is 2.91. The van der Waals surface area contributed by atoms with Gasteiger partial charge in [0.1, 0.15) is 5.01 Å². The quantitative estimate of drug-likeness (QED) is 0.674. The van der Waals surface area contributed by atoms with Gasteiger partial charge in [-0.05, 0) is 5.56 Å². The van der Waals surface area contributed by atoms with Crippen molar-refractivity contribution in [3.8, 4) is 15.6 Å². The van der Waals surface area contributed by atoms with Crippen molar-refractivity contribution >= 4 is 17.3 Å². The van der Waals surface area contributed by atoms with Crippen molar-refractivity contribution in [3.63, 3.8) is 0 Å². The fourth-order valence-corrected chi connectivity index (χ4v) is 3.13. The van der Waals surface area contributed by atoms with Crippen LogP contribution in [-0.2, 0) is 11.2 Å². The molecule has 110 valence electrons. The summed E-state index contributed by atoms with van der Waals surface area (Å²) in [6, 6.07) is 20.0. The first kappa shape index (κ1) is 14.5. The van der Waals surface area contributed by atoms with E-state index in [9.17, 15) is 4.79 Å². The molecule has 0 saturated carbocycles. The summed E-state index contributed by atoms with van der Waals surface area (Å²) in [6.07, 6.45) is 0.646. The van der Waals surface area contributed by atoms with Gasteiger partial charge in [0.25, 0.3) is 0 Å². The molecule has 22 heavy (non-hydrogen) atoms. The Balaban J connectivity index is 1.96. The Bertz CT molecular complexity index is 766. The Kier molecular flexibility index (Phi) is 4.30. The zero-order valence-electron chi connectivity index (χ0n) is 12.2.